The fraction of sp³-hybridized carbons (Fsp3) is 0.294. The zero-order valence-corrected chi connectivity index (χ0v) is 11.7. The summed E-state index contributed by atoms with van der Waals surface area (Å²) in [5.41, 5.74) is 3.17. The van der Waals surface area contributed by atoms with Crippen LogP contribution in [0.1, 0.15) is 42.6 Å². The molecule has 0 saturated carbocycles. The lowest BCUT2D eigenvalue weighted by Crippen LogP contribution is -2.23. The van der Waals surface area contributed by atoms with Gasteiger partial charge in [-0.2, -0.15) is 0 Å². The number of rotatable bonds is 4. The Kier molecular flexibility index (Phi) is 4.33. The average Bonchev–Trinajstić information content (AvgIpc) is 2.39. The molecular weight excluding hydrogens is 237 g/mol. The molecule has 0 heterocycles. The topological polar surface area (TPSA) is 12.0 Å². The standard InChI is InChI=1S/C17H20FN/c1-12-8-10-15(11-9-12)13(2)19-14(3)16-6-4-5-7-17(16)18/h4-11,13-14,19H,1-3H3. The lowest BCUT2D eigenvalue weighted by molar-refractivity contribution is 0.474. The van der Waals surface area contributed by atoms with Gasteiger partial charge >= 0.3 is 0 Å². The van der Waals surface area contributed by atoms with Crippen molar-refractivity contribution in [2.45, 2.75) is 32.9 Å². The van der Waals surface area contributed by atoms with Crippen LogP contribution in [0.4, 0.5) is 4.39 Å². The Hall–Kier alpha value is -1.67. The zero-order chi connectivity index (χ0) is 13.8. The summed E-state index contributed by atoms with van der Waals surface area (Å²) in [4.78, 5) is 0. The molecule has 19 heavy (non-hydrogen) atoms. The van der Waals surface area contributed by atoms with Gasteiger partial charge in [-0.15, -0.1) is 0 Å². The van der Waals surface area contributed by atoms with E-state index in [1.807, 2.05) is 19.1 Å². The molecule has 2 rings (SSSR count). The number of hydrogen-bond acceptors (Lipinski definition) is 1. The minimum atomic E-state index is -0.154. The molecule has 0 fully saturated rings. The molecule has 0 aliphatic rings. The lowest BCUT2D eigenvalue weighted by atomic mass is 10.0. The summed E-state index contributed by atoms with van der Waals surface area (Å²) in [6, 6.07) is 15.5. The van der Waals surface area contributed by atoms with Crippen molar-refractivity contribution in [2.24, 2.45) is 0 Å². The van der Waals surface area contributed by atoms with Gasteiger partial charge in [-0.25, -0.2) is 4.39 Å². The third-order valence-corrected chi connectivity index (χ3v) is 3.45. The van der Waals surface area contributed by atoms with Crippen molar-refractivity contribution in [3.05, 3.63) is 71.0 Å². The van der Waals surface area contributed by atoms with Gasteiger partial charge in [0.15, 0.2) is 0 Å². The van der Waals surface area contributed by atoms with Crippen molar-refractivity contribution in [1.82, 2.24) is 5.32 Å². The number of halogens is 1. The molecule has 100 valence electrons. The number of benzene rings is 2. The molecule has 0 bridgehead atoms. The molecule has 0 spiro atoms. The highest BCUT2D eigenvalue weighted by Crippen LogP contribution is 2.21. The van der Waals surface area contributed by atoms with Gasteiger partial charge in [-0.1, -0.05) is 48.0 Å². The quantitative estimate of drug-likeness (QED) is 0.847. The Labute approximate surface area is 114 Å². The molecular formula is C17H20FN. The summed E-state index contributed by atoms with van der Waals surface area (Å²) in [7, 11) is 0. The third-order valence-electron chi connectivity index (χ3n) is 3.45. The van der Waals surface area contributed by atoms with Gasteiger partial charge in [-0.05, 0) is 32.4 Å². The van der Waals surface area contributed by atoms with Crippen molar-refractivity contribution in [3.63, 3.8) is 0 Å². The molecule has 0 amide bonds. The van der Waals surface area contributed by atoms with E-state index in [-0.39, 0.29) is 17.9 Å². The molecule has 0 aliphatic heterocycles. The van der Waals surface area contributed by atoms with E-state index in [2.05, 4.69) is 43.4 Å². The SMILES string of the molecule is Cc1ccc(C(C)NC(C)c2ccccc2F)cc1. The number of nitrogens with one attached hydrogen (secondary N) is 1. The first-order valence-electron chi connectivity index (χ1n) is 6.65. The molecule has 1 N–H and O–H groups in total. The van der Waals surface area contributed by atoms with Crippen LogP contribution < -0.4 is 5.32 Å². The minimum absolute atomic E-state index is 0.0162. The molecule has 0 aliphatic carbocycles. The van der Waals surface area contributed by atoms with E-state index in [0.29, 0.717) is 5.56 Å². The first-order valence-corrected chi connectivity index (χ1v) is 6.65. The molecule has 2 atom stereocenters. The van der Waals surface area contributed by atoms with Crippen LogP contribution in [0.15, 0.2) is 48.5 Å². The van der Waals surface area contributed by atoms with Crippen molar-refractivity contribution in [1.29, 1.82) is 0 Å². The summed E-state index contributed by atoms with van der Waals surface area (Å²) in [5, 5.41) is 3.43. The normalized spacial score (nSPS) is 14.1. The first-order chi connectivity index (χ1) is 9.08. The van der Waals surface area contributed by atoms with Crippen LogP contribution >= 0.6 is 0 Å². The van der Waals surface area contributed by atoms with Gasteiger partial charge in [-0.3, -0.25) is 0 Å². The van der Waals surface area contributed by atoms with E-state index in [0.717, 1.165) is 0 Å². The van der Waals surface area contributed by atoms with Crippen molar-refractivity contribution >= 4 is 0 Å². The van der Waals surface area contributed by atoms with Crippen molar-refractivity contribution in [2.75, 3.05) is 0 Å². The molecule has 2 aromatic carbocycles. The second kappa shape index (κ2) is 5.98. The maximum Gasteiger partial charge on any atom is 0.127 e. The van der Waals surface area contributed by atoms with E-state index in [4.69, 9.17) is 0 Å². The second-order valence-corrected chi connectivity index (χ2v) is 5.04. The maximum absolute atomic E-state index is 13.7. The van der Waals surface area contributed by atoms with Crippen LogP contribution in [0.25, 0.3) is 0 Å². The highest BCUT2D eigenvalue weighted by molar-refractivity contribution is 5.25. The predicted molar refractivity (Wildman–Crippen MR) is 77.5 cm³/mol. The highest BCUT2D eigenvalue weighted by Gasteiger charge is 2.13. The second-order valence-electron chi connectivity index (χ2n) is 5.04. The Morgan fingerprint density at radius 2 is 1.53 bits per heavy atom. The molecule has 0 aromatic heterocycles. The highest BCUT2D eigenvalue weighted by atomic mass is 19.1. The van der Waals surface area contributed by atoms with Crippen molar-refractivity contribution in [3.8, 4) is 0 Å². The number of aryl methyl sites for hydroxylation is 1. The molecule has 0 saturated heterocycles. The third kappa shape index (κ3) is 3.42. The Morgan fingerprint density at radius 3 is 2.16 bits per heavy atom. The van der Waals surface area contributed by atoms with Crippen LogP contribution in [0.3, 0.4) is 0 Å². The number of hydrogen-bond donors (Lipinski definition) is 1. The van der Waals surface area contributed by atoms with E-state index in [9.17, 15) is 4.39 Å². The first kappa shape index (κ1) is 13.8. The van der Waals surface area contributed by atoms with Crippen LogP contribution in [-0.4, -0.2) is 0 Å². The molecule has 0 radical (unpaired) electrons. The Balaban J connectivity index is 2.08. The summed E-state index contributed by atoms with van der Waals surface area (Å²) in [6.07, 6.45) is 0. The lowest BCUT2D eigenvalue weighted by Gasteiger charge is -2.21. The van der Waals surface area contributed by atoms with Gasteiger partial charge in [0.25, 0.3) is 0 Å². The maximum atomic E-state index is 13.7. The minimum Gasteiger partial charge on any atom is -0.304 e. The van der Waals surface area contributed by atoms with Crippen LogP contribution in [0.2, 0.25) is 0 Å². The molecule has 2 unspecified atom stereocenters. The van der Waals surface area contributed by atoms with E-state index in [1.54, 1.807) is 6.07 Å². The Morgan fingerprint density at radius 1 is 0.895 bits per heavy atom. The van der Waals surface area contributed by atoms with Gasteiger partial charge in [0.2, 0.25) is 0 Å². The molecule has 2 heteroatoms. The monoisotopic (exact) mass is 257 g/mol. The van der Waals surface area contributed by atoms with Crippen molar-refractivity contribution < 1.29 is 4.39 Å². The average molecular weight is 257 g/mol. The fourth-order valence-corrected chi connectivity index (χ4v) is 2.24. The molecule has 1 nitrogen and oxygen atoms in total. The smallest absolute Gasteiger partial charge is 0.127 e. The van der Waals surface area contributed by atoms with E-state index in [1.165, 1.54) is 17.2 Å². The van der Waals surface area contributed by atoms with Gasteiger partial charge in [0.05, 0.1) is 0 Å². The molecule has 2 aromatic rings. The summed E-state index contributed by atoms with van der Waals surface area (Å²) in [6.45, 7) is 6.16. The van der Waals surface area contributed by atoms with Crippen LogP contribution in [0, 0.1) is 12.7 Å². The summed E-state index contributed by atoms with van der Waals surface area (Å²) in [5.74, 6) is -0.154. The van der Waals surface area contributed by atoms with Gasteiger partial charge in [0, 0.05) is 17.6 Å². The summed E-state index contributed by atoms with van der Waals surface area (Å²) < 4.78 is 13.7. The zero-order valence-electron chi connectivity index (χ0n) is 11.7. The van der Waals surface area contributed by atoms with Gasteiger partial charge in [0.1, 0.15) is 5.82 Å². The predicted octanol–water partition coefficient (Wildman–Crippen LogP) is 4.55. The largest absolute Gasteiger partial charge is 0.304 e. The van der Waals surface area contributed by atoms with E-state index < -0.39 is 0 Å². The fourth-order valence-electron chi connectivity index (χ4n) is 2.24. The summed E-state index contributed by atoms with van der Waals surface area (Å²) >= 11 is 0. The van der Waals surface area contributed by atoms with Gasteiger partial charge < -0.3 is 5.32 Å². The van der Waals surface area contributed by atoms with Crippen LogP contribution in [0.5, 0.6) is 0 Å². The Bertz CT molecular complexity index is 533. The van der Waals surface area contributed by atoms with Crippen LogP contribution in [-0.2, 0) is 0 Å². The van der Waals surface area contributed by atoms with E-state index >= 15 is 0 Å².